The normalized spacial score (nSPS) is 13.5. The van der Waals surface area contributed by atoms with E-state index in [0.717, 1.165) is 12.8 Å². The number of carbonyl (C=O) groups is 2. The molecule has 0 saturated heterocycles. The van der Waals surface area contributed by atoms with E-state index in [1.807, 2.05) is 6.92 Å². The molecule has 0 aromatic carbocycles. The van der Waals surface area contributed by atoms with Gasteiger partial charge in [0.15, 0.2) is 5.82 Å². The lowest BCUT2D eigenvalue weighted by atomic mass is 10.0. The van der Waals surface area contributed by atoms with Gasteiger partial charge in [0.1, 0.15) is 0 Å². The fourth-order valence-corrected chi connectivity index (χ4v) is 1.63. The highest BCUT2D eigenvalue weighted by Gasteiger charge is 2.12. The summed E-state index contributed by atoms with van der Waals surface area (Å²) in [6, 6.07) is -0.338. The van der Waals surface area contributed by atoms with E-state index >= 15 is 0 Å². The summed E-state index contributed by atoms with van der Waals surface area (Å²) < 4.78 is 4.54. The number of aliphatic carboxylic acids is 1. The highest BCUT2D eigenvalue weighted by molar-refractivity contribution is 5.74. The van der Waals surface area contributed by atoms with E-state index in [4.69, 9.17) is 5.11 Å². The number of carboxylic acids is 1. The Kier molecular flexibility index (Phi) is 6.48. The first-order valence-electron chi connectivity index (χ1n) is 6.51. The predicted molar refractivity (Wildman–Crippen MR) is 69.8 cm³/mol. The Hall–Kier alpha value is -2.12. The van der Waals surface area contributed by atoms with Crippen molar-refractivity contribution >= 4 is 12.0 Å². The quantitative estimate of drug-likeness (QED) is 0.659. The van der Waals surface area contributed by atoms with Gasteiger partial charge in [0, 0.05) is 6.04 Å². The Balaban J connectivity index is 2.13. The van der Waals surface area contributed by atoms with Crippen molar-refractivity contribution in [3.8, 4) is 0 Å². The molecule has 0 fully saturated rings. The lowest BCUT2D eigenvalue weighted by Gasteiger charge is -2.14. The van der Waals surface area contributed by atoms with Gasteiger partial charge in [-0.25, -0.2) is 4.79 Å². The number of amides is 2. The first-order chi connectivity index (χ1) is 9.49. The molecule has 0 saturated carbocycles. The van der Waals surface area contributed by atoms with Gasteiger partial charge in [-0.3, -0.25) is 4.79 Å². The topological polar surface area (TPSA) is 117 Å². The molecule has 0 aliphatic rings. The zero-order chi connectivity index (χ0) is 15.0. The maximum Gasteiger partial charge on any atom is 0.315 e. The van der Waals surface area contributed by atoms with Crippen molar-refractivity contribution in [3.63, 3.8) is 0 Å². The van der Waals surface area contributed by atoms with Crippen LogP contribution in [0.4, 0.5) is 4.79 Å². The number of nitrogens with zero attached hydrogens (tertiary/aromatic N) is 2. The minimum Gasteiger partial charge on any atom is -0.481 e. The van der Waals surface area contributed by atoms with Gasteiger partial charge in [0.05, 0.1) is 12.5 Å². The largest absolute Gasteiger partial charge is 0.481 e. The van der Waals surface area contributed by atoms with E-state index in [0.29, 0.717) is 12.2 Å². The van der Waals surface area contributed by atoms with Crippen LogP contribution in [-0.2, 0) is 11.3 Å². The fraction of sp³-hybridized carbons (Fsp3) is 0.667. The number of urea groups is 1. The summed E-state index contributed by atoms with van der Waals surface area (Å²) in [6.07, 6.45) is 3.28. The molecule has 1 aromatic heterocycles. The van der Waals surface area contributed by atoms with Crippen molar-refractivity contribution in [2.75, 3.05) is 0 Å². The monoisotopic (exact) mass is 284 g/mol. The molecule has 1 rings (SSSR count). The lowest BCUT2D eigenvalue weighted by Crippen LogP contribution is -2.40. The van der Waals surface area contributed by atoms with Crippen molar-refractivity contribution in [2.24, 2.45) is 5.92 Å². The van der Waals surface area contributed by atoms with Crippen LogP contribution in [0.15, 0.2) is 10.9 Å². The molecule has 8 nitrogen and oxygen atoms in total. The number of carbonyl (C=O) groups excluding carboxylic acids is 1. The standard InChI is InChI=1S/C12H20N4O4/c1-8(11(17)18)4-3-5-9(2)15-12(19)13-6-10-14-7-20-16-10/h7-9H,3-6H2,1-2H3,(H,17,18)(H2,13,15,19). The third kappa shape index (κ3) is 6.17. The Morgan fingerprint density at radius 3 is 2.75 bits per heavy atom. The van der Waals surface area contributed by atoms with Gasteiger partial charge in [-0.1, -0.05) is 18.5 Å². The molecule has 0 radical (unpaired) electrons. The maximum atomic E-state index is 11.6. The predicted octanol–water partition coefficient (Wildman–Crippen LogP) is 1.15. The minimum absolute atomic E-state index is 0.0266. The molecule has 1 heterocycles. The number of carboxylic acid groups (broad SMARTS) is 1. The second kappa shape index (κ2) is 8.13. The molecular weight excluding hydrogens is 264 g/mol. The minimum atomic E-state index is -0.788. The molecule has 2 amide bonds. The van der Waals surface area contributed by atoms with Gasteiger partial charge in [0.2, 0.25) is 6.39 Å². The zero-order valence-electron chi connectivity index (χ0n) is 11.6. The Morgan fingerprint density at radius 1 is 1.40 bits per heavy atom. The smallest absolute Gasteiger partial charge is 0.315 e. The van der Waals surface area contributed by atoms with E-state index in [9.17, 15) is 9.59 Å². The average molecular weight is 284 g/mol. The molecule has 1 aromatic rings. The molecule has 0 aliphatic carbocycles. The van der Waals surface area contributed by atoms with E-state index in [1.165, 1.54) is 6.39 Å². The molecule has 2 unspecified atom stereocenters. The average Bonchev–Trinajstić information content (AvgIpc) is 2.89. The van der Waals surface area contributed by atoms with Crippen molar-refractivity contribution in [2.45, 2.75) is 45.7 Å². The van der Waals surface area contributed by atoms with Crippen LogP contribution in [0.25, 0.3) is 0 Å². The van der Waals surface area contributed by atoms with Crippen molar-refractivity contribution in [3.05, 3.63) is 12.2 Å². The van der Waals surface area contributed by atoms with Crippen LogP contribution in [-0.4, -0.2) is 33.3 Å². The Labute approximate surface area is 116 Å². The molecule has 112 valence electrons. The first-order valence-corrected chi connectivity index (χ1v) is 6.51. The van der Waals surface area contributed by atoms with E-state index in [1.54, 1.807) is 6.92 Å². The van der Waals surface area contributed by atoms with Crippen molar-refractivity contribution in [1.82, 2.24) is 20.8 Å². The number of hydrogen-bond acceptors (Lipinski definition) is 5. The second-order valence-corrected chi connectivity index (χ2v) is 4.75. The van der Waals surface area contributed by atoms with Crippen LogP contribution in [0.2, 0.25) is 0 Å². The summed E-state index contributed by atoms with van der Waals surface area (Å²) in [5.74, 6) is -0.735. The van der Waals surface area contributed by atoms with Crippen LogP contribution in [0.3, 0.4) is 0 Å². The lowest BCUT2D eigenvalue weighted by molar-refractivity contribution is -0.141. The van der Waals surface area contributed by atoms with E-state index < -0.39 is 5.97 Å². The number of hydrogen-bond donors (Lipinski definition) is 3. The summed E-state index contributed by atoms with van der Waals surface area (Å²) in [5, 5.41) is 17.7. The molecule has 8 heteroatoms. The number of aromatic nitrogens is 2. The highest BCUT2D eigenvalue weighted by Crippen LogP contribution is 2.09. The van der Waals surface area contributed by atoms with Gasteiger partial charge in [-0.2, -0.15) is 4.98 Å². The molecular formula is C12H20N4O4. The first kappa shape index (κ1) is 15.9. The third-order valence-electron chi connectivity index (χ3n) is 2.89. The van der Waals surface area contributed by atoms with Crippen molar-refractivity contribution < 1.29 is 19.2 Å². The Morgan fingerprint density at radius 2 is 2.15 bits per heavy atom. The molecule has 2 atom stereocenters. The van der Waals surface area contributed by atoms with E-state index in [2.05, 4.69) is 25.3 Å². The van der Waals surface area contributed by atoms with Crippen molar-refractivity contribution in [1.29, 1.82) is 0 Å². The molecule has 3 N–H and O–H groups in total. The molecule has 0 spiro atoms. The number of rotatable bonds is 8. The van der Waals surface area contributed by atoms with Crippen LogP contribution >= 0.6 is 0 Å². The summed E-state index contributed by atoms with van der Waals surface area (Å²) in [4.78, 5) is 26.0. The van der Waals surface area contributed by atoms with Crippen LogP contribution in [0, 0.1) is 5.92 Å². The third-order valence-corrected chi connectivity index (χ3v) is 2.89. The SMILES string of the molecule is CC(CCCC(C)C(=O)O)NC(=O)NCc1ncon1. The molecule has 0 aliphatic heterocycles. The second-order valence-electron chi connectivity index (χ2n) is 4.75. The van der Waals surface area contributed by atoms with Gasteiger partial charge in [-0.15, -0.1) is 0 Å². The van der Waals surface area contributed by atoms with E-state index in [-0.39, 0.29) is 24.5 Å². The van der Waals surface area contributed by atoms with Crippen LogP contribution in [0.5, 0.6) is 0 Å². The van der Waals surface area contributed by atoms with Crippen LogP contribution in [0.1, 0.15) is 38.9 Å². The fourth-order valence-electron chi connectivity index (χ4n) is 1.63. The number of nitrogens with one attached hydrogen (secondary N) is 2. The summed E-state index contributed by atoms with van der Waals surface area (Å²) in [7, 11) is 0. The summed E-state index contributed by atoms with van der Waals surface area (Å²) >= 11 is 0. The van der Waals surface area contributed by atoms with Crippen LogP contribution < -0.4 is 10.6 Å². The molecule has 0 bridgehead atoms. The Bertz CT molecular complexity index is 421. The zero-order valence-corrected chi connectivity index (χ0v) is 11.6. The van der Waals surface area contributed by atoms with Gasteiger partial charge < -0.3 is 20.3 Å². The van der Waals surface area contributed by atoms with Gasteiger partial charge in [0.25, 0.3) is 0 Å². The van der Waals surface area contributed by atoms with Gasteiger partial charge in [-0.05, 0) is 19.8 Å². The maximum absolute atomic E-state index is 11.6. The van der Waals surface area contributed by atoms with Gasteiger partial charge >= 0.3 is 12.0 Å². The summed E-state index contributed by atoms with van der Waals surface area (Å²) in [5.41, 5.74) is 0. The highest BCUT2D eigenvalue weighted by atomic mass is 16.5. The molecule has 20 heavy (non-hydrogen) atoms. The summed E-state index contributed by atoms with van der Waals surface area (Å²) in [6.45, 7) is 3.75.